The Morgan fingerprint density at radius 3 is 2.71 bits per heavy atom. The van der Waals surface area contributed by atoms with Gasteiger partial charge in [-0.05, 0) is 26.0 Å². The summed E-state index contributed by atoms with van der Waals surface area (Å²) in [5.74, 6) is 0.161. The lowest BCUT2D eigenvalue weighted by molar-refractivity contribution is 0.102. The van der Waals surface area contributed by atoms with E-state index in [4.69, 9.17) is 21.1 Å². The average Bonchev–Trinajstić information content (AvgIpc) is 3.01. The van der Waals surface area contributed by atoms with E-state index in [0.717, 1.165) is 17.8 Å². The zero-order chi connectivity index (χ0) is 17.1. The van der Waals surface area contributed by atoms with Crippen molar-refractivity contribution in [2.75, 3.05) is 18.5 Å². The van der Waals surface area contributed by atoms with Gasteiger partial charge in [0.05, 0.1) is 18.8 Å². The minimum Gasteiger partial charge on any atom is -0.471 e. The van der Waals surface area contributed by atoms with Crippen molar-refractivity contribution in [2.24, 2.45) is 0 Å². The molecular weight excluding hydrogens is 332 g/mol. The second-order valence-electron chi connectivity index (χ2n) is 5.54. The van der Waals surface area contributed by atoms with Gasteiger partial charge in [-0.1, -0.05) is 11.6 Å². The summed E-state index contributed by atoms with van der Waals surface area (Å²) in [5, 5.41) is 2.91. The van der Waals surface area contributed by atoms with Gasteiger partial charge in [0.25, 0.3) is 5.91 Å². The number of halogens is 1. The SMILES string of the molecule is Cc1cc(C)nc(NC(=O)c2cnc(OC3CCOC3)c(Cl)c2)n1. The lowest BCUT2D eigenvalue weighted by atomic mass is 10.2. The van der Waals surface area contributed by atoms with Crippen LogP contribution in [0, 0.1) is 13.8 Å². The van der Waals surface area contributed by atoms with Gasteiger partial charge >= 0.3 is 0 Å². The van der Waals surface area contributed by atoms with Crippen molar-refractivity contribution in [3.63, 3.8) is 0 Å². The Labute approximate surface area is 144 Å². The second-order valence-corrected chi connectivity index (χ2v) is 5.95. The third-order valence-corrected chi connectivity index (χ3v) is 3.71. The predicted molar refractivity (Wildman–Crippen MR) is 88.6 cm³/mol. The molecule has 8 heteroatoms. The number of aromatic nitrogens is 3. The molecule has 7 nitrogen and oxygen atoms in total. The van der Waals surface area contributed by atoms with Crippen molar-refractivity contribution in [3.8, 4) is 5.88 Å². The number of aryl methyl sites for hydroxylation is 2. The zero-order valence-corrected chi connectivity index (χ0v) is 14.1. The normalized spacial score (nSPS) is 16.9. The fourth-order valence-corrected chi connectivity index (χ4v) is 2.57. The molecule has 0 aliphatic carbocycles. The maximum absolute atomic E-state index is 12.3. The molecule has 0 aromatic carbocycles. The fraction of sp³-hybridized carbons (Fsp3) is 0.375. The van der Waals surface area contributed by atoms with Gasteiger partial charge in [0.1, 0.15) is 11.1 Å². The molecule has 0 bridgehead atoms. The molecular formula is C16H17ClN4O3. The monoisotopic (exact) mass is 348 g/mol. The van der Waals surface area contributed by atoms with E-state index in [1.54, 1.807) is 0 Å². The van der Waals surface area contributed by atoms with E-state index in [9.17, 15) is 4.79 Å². The minimum atomic E-state index is -0.384. The van der Waals surface area contributed by atoms with Crippen molar-refractivity contribution in [1.82, 2.24) is 15.0 Å². The topological polar surface area (TPSA) is 86.2 Å². The lowest BCUT2D eigenvalue weighted by Crippen LogP contribution is -2.18. The molecule has 1 amide bonds. The van der Waals surface area contributed by atoms with Crippen LogP contribution in [0.3, 0.4) is 0 Å². The first-order valence-electron chi connectivity index (χ1n) is 7.55. The van der Waals surface area contributed by atoms with Crippen molar-refractivity contribution in [1.29, 1.82) is 0 Å². The van der Waals surface area contributed by atoms with Gasteiger partial charge in [0.2, 0.25) is 11.8 Å². The summed E-state index contributed by atoms with van der Waals surface area (Å²) in [6.07, 6.45) is 2.15. The van der Waals surface area contributed by atoms with Crippen LogP contribution >= 0.6 is 11.6 Å². The number of hydrogen-bond acceptors (Lipinski definition) is 6. The summed E-state index contributed by atoms with van der Waals surface area (Å²) in [4.78, 5) is 24.8. The number of nitrogens with zero attached hydrogens (tertiary/aromatic N) is 3. The lowest BCUT2D eigenvalue weighted by Gasteiger charge is -2.12. The molecule has 0 saturated carbocycles. The van der Waals surface area contributed by atoms with Gasteiger partial charge in [-0.3, -0.25) is 10.1 Å². The van der Waals surface area contributed by atoms with Crippen molar-refractivity contribution >= 4 is 23.5 Å². The molecule has 1 unspecified atom stereocenters. The molecule has 0 radical (unpaired) electrons. The van der Waals surface area contributed by atoms with E-state index in [1.165, 1.54) is 12.3 Å². The van der Waals surface area contributed by atoms with E-state index in [0.29, 0.717) is 24.7 Å². The Morgan fingerprint density at radius 2 is 2.08 bits per heavy atom. The third-order valence-electron chi connectivity index (χ3n) is 3.44. The van der Waals surface area contributed by atoms with E-state index >= 15 is 0 Å². The molecule has 2 aromatic heterocycles. The molecule has 3 heterocycles. The fourth-order valence-electron chi connectivity index (χ4n) is 2.36. The number of ether oxygens (including phenoxy) is 2. The molecule has 24 heavy (non-hydrogen) atoms. The Bertz CT molecular complexity index is 743. The van der Waals surface area contributed by atoms with E-state index in [2.05, 4.69) is 20.3 Å². The van der Waals surface area contributed by atoms with Gasteiger partial charge in [-0.15, -0.1) is 0 Å². The number of carbonyl (C=O) groups is 1. The molecule has 1 aliphatic heterocycles. The highest BCUT2D eigenvalue weighted by Gasteiger charge is 2.20. The smallest absolute Gasteiger partial charge is 0.259 e. The van der Waals surface area contributed by atoms with Gasteiger partial charge in [0, 0.05) is 24.0 Å². The van der Waals surface area contributed by atoms with Crippen molar-refractivity contribution in [2.45, 2.75) is 26.4 Å². The highest BCUT2D eigenvalue weighted by atomic mass is 35.5. The maximum Gasteiger partial charge on any atom is 0.259 e. The summed E-state index contributed by atoms with van der Waals surface area (Å²) in [6, 6.07) is 3.34. The van der Waals surface area contributed by atoms with Gasteiger partial charge in [-0.2, -0.15) is 0 Å². The number of hydrogen-bond donors (Lipinski definition) is 1. The molecule has 1 fully saturated rings. The number of pyridine rings is 1. The van der Waals surface area contributed by atoms with Gasteiger partial charge in [0.15, 0.2) is 0 Å². The van der Waals surface area contributed by atoms with Crippen LogP contribution in [-0.2, 0) is 4.74 Å². The summed E-state index contributed by atoms with van der Waals surface area (Å²) in [5.41, 5.74) is 1.85. The third kappa shape index (κ3) is 3.98. The Morgan fingerprint density at radius 1 is 1.33 bits per heavy atom. The first-order chi connectivity index (χ1) is 11.5. The second kappa shape index (κ2) is 7.11. The minimum absolute atomic E-state index is 0.0571. The highest BCUT2D eigenvalue weighted by Crippen LogP contribution is 2.25. The van der Waals surface area contributed by atoms with E-state index < -0.39 is 0 Å². The molecule has 0 spiro atoms. The number of anilines is 1. The highest BCUT2D eigenvalue weighted by molar-refractivity contribution is 6.32. The average molecular weight is 349 g/mol. The Balaban J connectivity index is 1.71. The van der Waals surface area contributed by atoms with Crippen LogP contribution in [-0.4, -0.2) is 40.2 Å². The Kier molecular flexibility index (Phi) is 4.92. The molecule has 1 saturated heterocycles. The van der Waals surface area contributed by atoms with Crippen LogP contribution < -0.4 is 10.1 Å². The standard InChI is InChI=1S/C16H17ClN4O3/c1-9-5-10(2)20-16(19-9)21-14(22)11-6-13(17)15(18-7-11)24-12-3-4-23-8-12/h5-7,12H,3-4,8H2,1-2H3,(H,19,20,21,22). The van der Waals surface area contributed by atoms with Crippen LogP contribution in [0.2, 0.25) is 5.02 Å². The molecule has 1 atom stereocenters. The number of carbonyl (C=O) groups excluding carboxylic acids is 1. The molecule has 1 N–H and O–H groups in total. The van der Waals surface area contributed by atoms with Crippen LogP contribution in [0.4, 0.5) is 5.95 Å². The van der Waals surface area contributed by atoms with Crippen LogP contribution in [0.5, 0.6) is 5.88 Å². The van der Waals surface area contributed by atoms with Crippen molar-refractivity contribution < 1.29 is 14.3 Å². The zero-order valence-electron chi connectivity index (χ0n) is 13.4. The van der Waals surface area contributed by atoms with Crippen molar-refractivity contribution in [3.05, 3.63) is 40.3 Å². The number of rotatable bonds is 4. The summed E-state index contributed by atoms with van der Waals surface area (Å²) >= 11 is 6.17. The van der Waals surface area contributed by atoms with E-state index in [-0.39, 0.29) is 23.0 Å². The van der Waals surface area contributed by atoms with Gasteiger partial charge < -0.3 is 9.47 Å². The number of amides is 1. The van der Waals surface area contributed by atoms with Gasteiger partial charge in [-0.25, -0.2) is 15.0 Å². The van der Waals surface area contributed by atoms with Crippen LogP contribution in [0.15, 0.2) is 18.3 Å². The first kappa shape index (κ1) is 16.6. The summed E-state index contributed by atoms with van der Waals surface area (Å²) in [7, 11) is 0. The quantitative estimate of drug-likeness (QED) is 0.913. The number of nitrogens with one attached hydrogen (secondary N) is 1. The maximum atomic E-state index is 12.3. The largest absolute Gasteiger partial charge is 0.471 e. The molecule has 3 rings (SSSR count). The van der Waals surface area contributed by atoms with E-state index in [1.807, 2.05) is 19.9 Å². The summed E-state index contributed by atoms with van der Waals surface area (Å²) in [6.45, 7) is 4.85. The van der Waals surface area contributed by atoms with Crippen LogP contribution in [0.1, 0.15) is 28.2 Å². The Hall–Kier alpha value is -2.25. The first-order valence-corrected chi connectivity index (χ1v) is 7.92. The predicted octanol–water partition coefficient (Wildman–Crippen LogP) is 2.56. The summed E-state index contributed by atoms with van der Waals surface area (Å²) < 4.78 is 10.9. The molecule has 2 aromatic rings. The van der Waals surface area contributed by atoms with Crippen LogP contribution in [0.25, 0.3) is 0 Å². The molecule has 1 aliphatic rings. The molecule has 126 valence electrons.